The Bertz CT molecular complexity index is 677. The van der Waals surface area contributed by atoms with Crippen molar-refractivity contribution in [2.45, 2.75) is 77.6 Å². The Morgan fingerprint density at radius 2 is 1.66 bits per heavy atom. The minimum Gasteiger partial charge on any atom is -0.481 e. The first-order valence-corrected chi connectivity index (χ1v) is 11.4. The Labute approximate surface area is 178 Å². The second kappa shape index (κ2) is 16.7. The number of hydrogen-bond acceptors (Lipinski definition) is 4. The fourth-order valence-electron chi connectivity index (χ4n) is 2.69. The molecule has 0 aliphatic carbocycles. The predicted molar refractivity (Wildman–Crippen MR) is 121 cm³/mol. The van der Waals surface area contributed by atoms with Crippen molar-refractivity contribution in [3.05, 3.63) is 47.5 Å². The summed E-state index contributed by atoms with van der Waals surface area (Å²) in [7, 11) is 0. The van der Waals surface area contributed by atoms with Crippen LogP contribution in [0.2, 0.25) is 0 Å². The number of carboxylic acids is 1. The van der Waals surface area contributed by atoms with Crippen LogP contribution < -0.4 is 5.32 Å². The van der Waals surface area contributed by atoms with E-state index < -0.39 is 5.97 Å². The molecule has 0 spiro atoms. The number of unbranched alkanes of at least 4 members (excludes halogenated alkanes) is 5. The van der Waals surface area contributed by atoms with E-state index in [1.165, 1.54) is 24.2 Å². The third-order valence-electron chi connectivity index (χ3n) is 4.19. The van der Waals surface area contributed by atoms with Gasteiger partial charge in [0.1, 0.15) is 0 Å². The fourth-order valence-corrected chi connectivity index (χ4v) is 3.41. The van der Waals surface area contributed by atoms with Crippen LogP contribution in [0.1, 0.15) is 76.8 Å². The van der Waals surface area contributed by atoms with Gasteiger partial charge in [0, 0.05) is 11.8 Å². The highest BCUT2D eigenvalue weighted by Crippen LogP contribution is 2.16. The minimum absolute atomic E-state index is 0.0533. The van der Waals surface area contributed by atoms with E-state index in [0.29, 0.717) is 17.2 Å². The number of thiazole rings is 1. The Hall–Kier alpha value is -2.21. The highest BCUT2D eigenvalue weighted by molar-refractivity contribution is 7.13. The lowest BCUT2D eigenvalue weighted by Crippen LogP contribution is -2.11. The van der Waals surface area contributed by atoms with Crippen LogP contribution in [0.3, 0.4) is 0 Å². The largest absolute Gasteiger partial charge is 0.481 e. The number of carbonyl (C=O) groups excluding carboxylic acids is 1. The van der Waals surface area contributed by atoms with E-state index in [-0.39, 0.29) is 12.3 Å². The molecule has 0 saturated heterocycles. The van der Waals surface area contributed by atoms with Crippen molar-refractivity contribution in [1.82, 2.24) is 4.98 Å². The van der Waals surface area contributed by atoms with Crippen LogP contribution in [0.5, 0.6) is 0 Å². The summed E-state index contributed by atoms with van der Waals surface area (Å²) in [5.74, 6) is -0.974. The molecule has 0 saturated carbocycles. The minimum atomic E-state index is -0.920. The lowest BCUT2D eigenvalue weighted by atomic mass is 10.1. The van der Waals surface area contributed by atoms with Gasteiger partial charge in [-0.05, 0) is 38.5 Å². The van der Waals surface area contributed by atoms with E-state index in [4.69, 9.17) is 5.11 Å². The number of nitrogens with one attached hydrogen (secondary N) is 1. The first-order chi connectivity index (χ1) is 14.1. The lowest BCUT2D eigenvalue weighted by molar-refractivity contribution is -0.136. The van der Waals surface area contributed by atoms with Gasteiger partial charge in [0.25, 0.3) is 0 Å². The Balaban J connectivity index is 1.96. The molecule has 0 radical (unpaired) electrons. The summed E-state index contributed by atoms with van der Waals surface area (Å²) in [6.45, 7) is 2.14. The first-order valence-electron chi connectivity index (χ1n) is 10.5. The molecule has 5 nitrogen and oxygen atoms in total. The summed E-state index contributed by atoms with van der Waals surface area (Å²) in [4.78, 5) is 26.6. The Morgan fingerprint density at radius 1 is 1.00 bits per heavy atom. The molecule has 1 aromatic rings. The molecule has 0 unspecified atom stereocenters. The van der Waals surface area contributed by atoms with Crippen LogP contribution >= 0.6 is 11.3 Å². The summed E-state index contributed by atoms with van der Waals surface area (Å²) in [6, 6.07) is 0. The van der Waals surface area contributed by atoms with Gasteiger partial charge >= 0.3 is 5.97 Å². The summed E-state index contributed by atoms with van der Waals surface area (Å²) in [5.41, 5.74) is 0.479. The molecule has 160 valence electrons. The van der Waals surface area contributed by atoms with E-state index >= 15 is 0 Å². The van der Waals surface area contributed by atoms with Gasteiger partial charge in [-0.1, -0.05) is 62.6 Å². The number of aliphatic carboxylic acids is 1. The predicted octanol–water partition coefficient (Wildman–Crippen LogP) is 6.30. The molecule has 0 aromatic carbocycles. The topological polar surface area (TPSA) is 79.3 Å². The van der Waals surface area contributed by atoms with E-state index in [2.05, 4.69) is 53.7 Å². The highest BCUT2D eigenvalue weighted by Gasteiger charge is 2.08. The van der Waals surface area contributed by atoms with E-state index in [9.17, 15) is 9.59 Å². The number of carbonyl (C=O) groups is 2. The standard InChI is InChI=1S/C23H34N2O3S/c1-2-3-4-5-6-7-8-9-10-11-12-13-14-15-16-17-21(26)25-23-24-20(19-29-23)18-22(27)28/h3-4,6-7,9-10,19H,2,5,8,11-18H2,1H3,(H,27,28)(H,24,25,26)/b4-3-,7-6-,10-9-. The summed E-state index contributed by atoms with van der Waals surface area (Å²) in [6.07, 6.45) is 23.3. The van der Waals surface area contributed by atoms with E-state index in [1.807, 2.05) is 0 Å². The summed E-state index contributed by atoms with van der Waals surface area (Å²) < 4.78 is 0. The third-order valence-corrected chi connectivity index (χ3v) is 4.99. The average molecular weight is 419 g/mol. The lowest BCUT2D eigenvalue weighted by Gasteiger charge is -2.02. The van der Waals surface area contributed by atoms with Crippen LogP contribution in [0, 0.1) is 0 Å². The van der Waals surface area contributed by atoms with Gasteiger partial charge in [0.2, 0.25) is 5.91 Å². The molecule has 0 aliphatic rings. The number of carboxylic acid groups (broad SMARTS) is 1. The quantitative estimate of drug-likeness (QED) is 0.244. The number of anilines is 1. The molecule has 29 heavy (non-hydrogen) atoms. The van der Waals surface area contributed by atoms with Crippen molar-refractivity contribution >= 4 is 28.3 Å². The van der Waals surface area contributed by atoms with Gasteiger partial charge in [-0.25, -0.2) is 4.98 Å². The first kappa shape index (κ1) is 24.8. The van der Waals surface area contributed by atoms with Gasteiger partial charge in [-0.2, -0.15) is 0 Å². The van der Waals surface area contributed by atoms with Crippen molar-refractivity contribution in [2.24, 2.45) is 0 Å². The van der Waals surface area contributed by atoms with Crippen LogP contribution in [0.4, 0.5) is 5.13 Å². The molecular formula is C23H34N2O3S. The second-order valence-electron chi connectivity index (χ2n) is 6.86. The Kier molecular flexibility index (Phi) is 14.3. The smallest absolute Gasteiger partial charge is 0.309 e. The van der Waals surface area contributed by atoms with Crippen LogP contribution in [-0.2, 0) is 16.0 Å². The number of allylic oxidation sites excluding steroid dienone is 6. The number of amides is 1. The molecular weight excluding hydrogens is 384 g/mol. The monoisotopic (exact) mass is 418 g/mol. The van der Waals surface area contributed by atoms with Gasteiger partial charge in [0.15, 0.2) is 5.13 Å². The fraction of sp³-hybridized carbons (Fsp3) is 0.522. The average Bonchev–Trinajstić information content (AvgIpc) is 3.10. The van der Waals surface area contributed by atoms with Gasteiger partial charge in [-0.15, -0.1) is 11.3 Å². The molecule has 0 aliphatic heterocycles. The maximum Gasteiger partial charge on any atom is 0.309 e. The normalized spacial score (nSPS) is 11.8. The van der Waals surface area contributed by atoms with Crippen molar-refractivity contribution in [3.63, 3.8) is 0 Å². The molecule has 0 fully saturated rings. The summed E-state index contributed by atoms with van der Waals surface area (Å²) >= 11 is 1.26. The van der Waals surface area contributed by atoms with E-state index in [0.717, 1.165) is 44.9 Å². The number of nitrogens with zero attached hydrogens (tertiary/aromatic N) is 1. The second-order valence-corrected chi connectivity index (χ2v) is 7.72. The maximum absolute atomic E-state index is 11.9. The zero-order valence-electron chi connectivity index (χ0n) is 17.4. The number of rotatable bonds is 16. The third kappa shape index (κ3) is 14.4. The van der Waals surface area contributed by atoms with Gasteiger partial charge < -0.3 is 10.4 Å². The molecule has 1 amide bonds. The maximum atomic E-state index is 11.9. The summed E-state index contributed by atoms with van der Waals surface area (Å²) in [5, 5.41) is 13.6. The zero-order valence-corrected chi connectivity index (χ0v) is 18.3. The number of aromatic nitrogens is 1. The van der Waals surface area contributed by atoms with Crippen molar-refractivity contribution in [3.8, 4) is 0 Å². The Morgan fingerprint density at radius 3 is 2.38 bits per heavy atom. The van der Waals surface area contributed by atoms with E-state index in [1.54, 1.807) is 5.38 Å². The SMILES string of the molecule is CC/C=C\C/C=C\C/C=C\CCCCCCCC(=O)Nc1nc(CC(=O)O)cs1. The van der Waals surface area contributed by atoms with Crippen molar-refractivity contribution in [2.75, 3.05) is 5.32 Å². The van der Waals surface area contributed by atoms with Crippen LogP contribution in [-0.4, -0.2) is 22.0 Å². The van der Waals surface area contributed by atoms with Crippen LogP contribution in [0.15, 0.2) is 41.8 Å². The molecule has 6 heteroatoms. The zero-order chi connectivity index (χ0) is 21.2. The number of hydrogen-bond donors (Lipinski definition) is 2. The van der Waals surface area contributed by atoms with Crippen molar-refractivity contribution < 1.29 is 14.7 Å². The van der Waals surface area contributed by atoms with Crippen LogP contribution in [0.25, 0.3) is 0 Å². The molecule has 1 heterocycles. The highest BCUT2D eigenvalue weighted by atomic mass is 32.1. The van der Waals surface area contributed by atoms with Gasteiger partial charge in [-0.3, -0.25) is 9.59 Å². The molecule has 2 N–H and O–H groups in total. The molecule has 1 rings (SSSR count). The molecule has 1 aromatic heterocycles. The van der Waals surface area contributed by atoms with Gasteiger partial charge in [0.05, 0.1) is 12.1 Å². The molecule has 0 bridgehead atoms. The molecule has 0 atom stereocenters. The van der Waals surface area contributed by atoms with Crippen molar-refractivity contribution in [1.29, 1.82) is 0 Å².